The molecule has 62 valence electrons. The number of fused-ring (bicyclic) bond motifs is 1. The van der Waals surface area contributed by atoms with Crippen molar-refractivity contribution < 1.29 is 13.6 Å². The second-order valence-corrected chi connectivity index (χ2v) is 3.39. The van der Waals surface area contributed by atoms with Crippen LogP contribution in [0.5, 0.6) is 0 Å². The van der Waals surface area contributed by atoms with Gasteiger partial charge < -0.3 is 4.90 Å². The van der Waals surface area contributed by atoms with Crippen molar-refractivity contribution in [1.29, 1.82) is 0 Å². The molecule has 0 bridgehead atoms. The Morgan fingerprint density at radius 3 is 2.64 bits per heavy atom. The summed E-state index contributed by atoms with van der Waals surface area (Å²) in [5, 5.41) is 0. The van der Waals surface area contributed by atoms with Gasteiger partial charge in [0.15, 0.2) is 0 Å². The van der Waals surface area contributed by atoms with Gasteiger partial charge in [0, 0.05) is 25.4 Å². The molecule has 1 amide bonds. The number of amides is 1. The van der Waals surface area contributed by atoms with Crippen LogP contribution >= 0.6 is 0 Å². The molecule has 0 aromatic heterocycles. The zero-order valence-electron chi connectivity index (χ0n) is 5.96. The minimum Gasteiger partial charge on any atom is -0.344 e. The number of carbonyl (C=O) groups excluding carboxylic acids is 1. The highest BCUT2D eigenvalue weighted by Gasteiger charge is 2.59. The summed E-state index contributed by atoms with van der Waals surface area (Å²) in [4.78, 5) is 11.7. The lowest BCUT2D eigenvalue weighted by molar-refractivity contribution is -0.152. The van der Waals surface area contributed by atoms with Crippen molar-refractivity contribution in [2.75, 3.05) is 13.1 Å². The maximum Gasteiger partial charge on any atom is 0.253 e. The molecule has 11 heavy (non-hydrogen) atoms. The molecule has 1 aliphatic heterocycles. The Balaban J connectivity index is 2.04. The van der Waals surface area contributed by atoms with Crippen LogP contribution < -0.4 is 0 Å². The molecule has 2 fully saturated rings. The van der Waals surface area contributed by atoms with Crippen molar-refractivity contribution in [3.63, 3.8) is 0 Å². The van der Waals surface area contributed by atoms with E-state index in [0.29, 0.717) is 13.0 Å². The van der Waals surface area contributed by atoms with E-state index in [4.69, 9.17) is 0 Å². The Morgan fingerprint density at radius 2 is 2.18 bits per heavy atom. The topological polar surface area (TPSA) is 20.3 Å². The maximum atomic E-state index is 12.7. The van der Waals surface area contributed by atoms with Gasteiger partial charge in [0.2, 0.25) is 6.41 Å². The molecule has 1 heterocycles. The largest absolute Gasteiger partial charge is 0.344 e. The Morgan fingerprint density at radius 1 is 1.45 bits per heavy atom. The quantitative estimate of drug-likeness (QED) is 0.519. The van der Waals surface area contributed by atoms with Crippen LogP contribution in [-0.2, 0) is 4.79 Å². The first kappa shape index (κ1) is 7.00. The lowest BCUT2D eigenvalue weighted by Gasteiger charge is -2.38. The fraction of sp³-hybridized carbons (Fsp3) is 0.857. The minimum absolute atomic E-state index is 0.0258. The average Bonchev–Trinajstić information content (AvgIpc) is 2.27. The molecule has 1 saturated carbocycles. The van der Waals surface area contributed by atoms with E-state index in [1.54, 1.807) is 0 Å². The molecule has 2 atom stereocenters. The van der Waals surface area contributed by atoms with Crippen LogP contribution in [0.4, 0.5) is 8.78 Å². The van der Waals surface area contributed by atoms with Crippen molar-refractivity contribution >= 4 is 6.41 Å². The summed E-state index contributed by atoms with van der Waals surface area (Å²) in [5.41, 5.74) is 0. The van der Waals surface area contributed by atoms with E-state index >= 15 is 0 Å². The second kappa shape index (κ2) is 1.93. The van der Waals surface area contributed by atoms with Crippen molar-refractivity contribution in [3.8, 4) is 0 Å². The predicted molar refractivity (Wildman–Crippen MR) is 34.2 cm³/mol. The molecule has 4 heteroatoms. The predicted octanol–water partition coefficient (Wildman–Crippen LogP) is 0.730. The van der Waals surface area contributed by atoms with E-state index in [9.17, 15) is 13.6 Å². The number of hydrogen-bond donors (Lipinski definition) is 0. The van der Waals surface area contributed by atoms with E-state index < -0.39 is 11.8 Å². The molecule has 0 N–H and O–H groups in total. The summed E-state index contributed by atoms with van der Waals surface area (Å²) >= 11 is 0. The summed E-state index contributed by atoms with van der Waals surface area (Å²) < 4.78 is 25.3. The number of halogens is 2. The van der Waals surface area contributed by atoms with Crippen LogP contribution in [0.2, 0.25) is 0 Å². The molecule has 2 rings (SSSR count). The number of hydrogen-bond acceptors (Lipinski definition) is 1. The Labute approximate surface area is 63.2 Å². The number of likely N-dealkylation sites (tertiary alicyclic amines) is 1. The molecule has 2 unspecified atom stereocenters. The first-order valence-corrected chi connectivity index (χ1v) is 3.70. The van der Waals surface area contributed by atoms with Gasteiger partial charge in [0.25, 0.3) is 5.92 Å². The minimum atomic E-state index is -2.50. The SMILES string of the molecule is O=CN1CC2CC(F)(F)C2C1. The summed E-state index contributed by atoms with van der Waals surface area (Å²) in [6.07, 6.45) is 0.635. The fourth-order valence-electron chi connectivity index (χ4n) is 2.02. The van der Waals surface area contributed by atoms with Gasteiger partial charge in [0.1, 0.15) is 0 Å². The lowest BCUT2D eigenvalue weighted by atomic mass is 9.72. The number of rotatable bonds is 1. The van der Waals surface area contributed by atoms with Gasteiger partial charge in [-0.15, -0.1) is 0 Å². The van der Waals surface area contributed by atoms with E-state index in [1.165, 1.54) is 4.90 Å². The zero-order chi connectivity index (χ0) is 8.06. The van der Waals surface area contributed by atoms with E-state index in [-0.39, 0.29) is 18.9 Å². The average molecular weight is 161 g/mol. The van der Waals surface area contributed by atoms with E-state index in [1.807, 2.05) is 0 Å². The van der Waals surface area contributed by atoms with E-state index in [0.717, 1.165) is 0 Å². The zero-order valence-corrected chi connectivity index (χ0v) is 5.96. The van der Waals surface area contributed by atoms with Gasteiger partial charge in [-0.05, 0) is 5.92 Å². The van der Waals surface area contributed by atoms with Crippen LogP contribution in [0.15, 0.2) is 0 Å². The third-order valence-electron chi connectivity index (χ3n) is 2.70. The summed E-state index contributed by atoms with van der Waals surface area (Å²) in [6, 6.07) is 0. The normalized spacial score (nSPS) is 39.6. The molecular formula is C7H9F2NO. The Kier molecular flexibility index (Phi) is 1.23. The van der Waals surface area contributed by atoms with Gasteiger partial charge in [0.05, 0.1) is 0 Å². The molecule has 1 aliphatic carbocycles. The van der Waals surface area contributed by atoms with Crippen LogP contribution in [0, 0.1) is 11.8 Å². The van der Waals surface area contributed by atoms with Gasteiger partial charge in [-0.25, -0.2) is 8.78 Å². The number of alkyl halides is 2. The first-order valence-electron chi connectivity index (χ1n) is 3.70. The Bertz CT molecular complexity index is 195. The van der Waals surface area contributed by atoms with Gasteiger partial charge >= 0.3 is 0 Å². The smallest absolute Gasteiger partial charge is 0.253 e. The first-order chi connectivity index (χ1) is 5.13. The van der Waals surface area contributed by atoms with Crippen LogP contribution in [0.1, 0.15) is 6.42 Å². The van der Waals surface area contributed by atoms with Gasteiger partial charge in [-0.2, -0.15) is 0 Å². The second-order valence-electron chi connectivity index (χ2n) is 3.39. The van der Waals surface area contributed by atoms with E-state index in [2.05, 4.69) is 0 Å². The lowest BCUT2D eigenvalue weighted by Crippen LogP contribution is -2.46. The van der Waals surface area contributed by atoms with Crippen molar-refractivity contribution in [2.24, 2.45) is 11.8 Å². The highest BCUT2D eigenvalue weighted by atomic mass is 19.3. The third kappa shape index (κ3) is 0.847. The molecule has 1 saturated heterocycles. The summed E-state index contributed by atoms with van der Waals surface area (Å²) in [5.74, 6) is -2.98. The maximum absolute atomic E-state index is 12.7. The number of carbonyl (C=O) groups is 1. The van der Waals surface area contributed by atoms with Crippen molar-refractivity contribution in [2.45, 2.75) is 12.3 Å². The fourth-order valence-corrected chi connectivity index (χ4v) is 2.02. The molecule has 0 aromatic carbocycles. The third-order valence-corrected chi connectivity index (χ3v) is 2.70. The monoisotopic (exact) mass is 161 g/mol. The summed E-state index contributed by atoms with van der Waals surface area (Å²) in [6.45, 7) is 0.783. The van der Waals surface area contributed by atoms with Crippen LogP contribution in [-0.4, -0.2) is 30.3 Å². The van der Waals surface area contributed by atoms with Crippen molar-refractivity contribution in [3.05, 3.63) is 0 Å². The summed E-state index contributed by atoms with van der Waals surface area (Å²) in [7, 11) is 0. The van der Waals surface area contributed by atoms with Gasteiger partial charge in [-0.3, -0.25) is 4.79 Å². The molecular weight excluding hydrogens is 152 g/mol. The Hall–Kier alpha value is -0.670. The molecule has 2 nitrogen and oxygen atoms in total. The standard InChI is InChI=1S/C7H9F2NO/c8-7(9)1-5-2-10(4-11)3-6(5)7/h4-6H,1-3H2. The van der Waals surface area contributed by atoms with Crippen LogP contribution in [0.3, 0.4) is 0 Å². The van der Waals surface area contributed by atoms with Crippen LogP contribution in [0.25, 0.3) is 0 Å². The molecule has 0 spiro atoms. The van der Waals surface area contributed by atoms with Gasteiger partial charge in [-0.1, -0.05) is 0 Å². The molecule has 2 aliphatic rings. The van der Waals surface area contributed by atoms with Crippen molar-refractivity contribution in [1.82, 2.24) is 4.90 Å². The highest BCUT2D eigenvalue weighted by molar-refractivity contribution is 5.48. The number of nitrogens with zero attached hydrogens (tertiary/aromatic N) is 1. The molecule has 0 aromatic rings. The molecule has 0 radical (unpaired) electrons. The highest BCUT2D eigenvalue weighted by Crippen LogP contribution is 2.51.